The summed E-state index contributed by atoms with van der Waals surface area (Å²) in [5.74, 6) is 0.651. The predicted octanol–water partition coefficient (Wildman–Crippen LogP) is 3.14. The summed E-state index contributed by atoms with van der Waals surface area (Å²) in [5, 5.41) is 0. The van der Waals surface area contributed by atoms with E-state index in [0.29, 0.717) is 12.0 Å². The third-order valence-corrected chi connectivity index (χ3v) is 3.73. The van der Waals surface area contributed by atoms with Crippen LogP contribution in [0.3, 0.4) is 0 Å². The lowest BCUT2D eigenvalue weighted by Crippen LogP contribution is -1.95. The first-order valence-electron chi connectivity index (χ1n) is 7.27. The van der Waals surface area contributed by atoms with Crippen LogP contribution in [-0.2, 0) is 11.2 Å². The SMILES string of the molecule is COc1ccc2nccc(CCCCCC3CO3)c2n1. The Bertz CT molecular complexity index is 582. The molecule has 1 fully saturated rings. The molecule has 4 heteroatoms. The summed E-state index contributed by atoms with van der Waals surface area (Å²) in [6, 6.07) is 5.89. The van der Waals surface area contributed by atoms with Crippen LogP contribution in [0.15, 0.2) is 24.4 Å². The number of rotatable bonds is 7. The van der Waals surface area contributed by atoms with E-state index < -0.39 is 0 Å². The highest BCUT2D eigenvalue weighted by Gasteiger charge is 2.20. The molecule has 1 aliphatic heterocycles. The highest BCUT2D eigenvalue weighted by Crippen LogP contribution is 2.21. The van der Waals surface area contributed by atoms with E-state index >= 15 is 0 Å². The van der Waals surface area contributed by atoms with Crippen molar-refractivity contribution in [2.75, 3.05) is 13.7 Å². The first kappa shape index (κ1) is 13.3. The maximum absolute atomic E-state index is 5.22. The monoisotopic (exact) mass is 272 g/mol. The van der Waals surface area contributed by atoms with E-state index in [2.05, 4.69) is 16.0 Å². The van der Waals surface area contributed by atoms with Gasteiger partial charge in [-0.2, -0.15) is 0 Å². The van der Waals surface area contributed by atoms with Crippen LogP contribution >= 0.6 is 0 Å². The molecule has 4 nitrogen and oxygen atoms in total. The Morgan fingerprint density at radius 1 is 1.25 bits per heavy atom. The molecule has 2 aromatic heterocycles. The third kappa shape index (κ3) is 3.25. The number of nitrogens with zero attached hydrogens (tertiary/aromatic N) is 2. The summed E-state index contributed by atoms with van der Waals surface area (Å²) < 4.78 is 10.4. The molecule has 2 aromatic rings. The highest BCUT2D eigenvalue weighted by atomic mass is 16.6. The predicted molar refractivity (Wildman–Crippen MR) is 78.0 cm³/mol. The molecule has 1 saturated heterocycles. The van der Waals surface area contributed by atoms with Crippen LogP contribution in [-0.4, -0.2) is 29.8 Å². The molecule has 0 spiro atoms. The first-order chi connectivity index (χ1) is 9.86. The maximum Gasteiger partial charge on any atom is 0.213 e. The van der Waals surface area contributed by atoms with Crippen molar-refractivity contribution in [1.82, 2.24) is 9.97 Å². The summed E-state index contributed by atoms with van der Waals surface area (Å²) in [6.45, 7) is 0.971. The fourth-order valence-corrected chi connectivity index (χ4v) is 2.48. The van der Waals surface area contributed by atoms with Crippen molar-refractivity contribution >= 4 is 11.0 Å². The van der Waals surface area contributed by atoms with Gasteiger partial charge in [-0.3, -0.25) is 4.98 Å². The molecule has 1 atom stereocenters. The minimum absolute atomic E-state index is 0.558. The molecule has 0 saturated carbocycles. The molecule has 3 rings (SSSR count). The fourth-order valence-electron chi connectivity index (χ4n) is 2.48. The lowest BCUT2D eigenvalue weighted by molar-refractivity contribution is 0.388. The van der Waals surface area contributed by atoms with Crippen LogP contribution in [0.4, 0.5) is 0 Å². The van der Waals surface area contributed by atoms with Gasteiger partial charge in [-0.1, -0.05) is 12.8 Å². The molecule has 3 heterocycles. The van der Waals surface area contributed by atoms with Gasteiger partial charge in [0.15, 0.2) is 0 Å². The van der Waals surface area contributed by atoms with Gasteiger partial charge >= 0.3 is 0 Å². The topological polar surface area (TPSA) is 47.5 Å². The molecule has 0 aliphatic carbocycles. The van der Waals surface area contributed by atoms with Crippen LogP contribution in [0.5, 0.6) is 5.88 Å². The Morgan fingerprint density at radius 2 is 2.15 bits per heavy atom. The second-order valence-electron chi connectivity index (χ2n) is 5.25. The number of epoxide rings is 1. The zero-order valence-corrected chi connectivity index (χ0v) is 11.8. The van der Waals surface area contributed by atoms with Gasteiger partial charge in [0.1, 0.15) is 0 Å². The minimum Gasteiger partial charge on any atom is -0.481 e. The molecular formula is C16H20N2O2. The van der Waals surface area contributed by atoms with Gasteiger partial charge in [-0.25, -0.2) is 4.98 Å². The Labute approximate surface area is 119 Å². The van der Waals surface area contributed by atoms with E-state index in [1.165, 1.54) is 31.2 Å². The summed E-state index contributed by atoms with van der Waals surface area (Å²) in [7, 11) is 1.64. The highest BCUT2D eigenvalue weighted by molar-refractivity contribution is 5.78. The average molecular weight is 272 g/mol. The number of aryl methyl sites for hydroxylation is 1. The Balaban J connectivity index is 1.63. The van der Waals surface area contributed by atoms with Crippen LogP contribution in [0, 0.1) is 0 Å². The molecule has 0 aromatic carbocycles. The van der Waals surface area contributed by atoms with E-state index in [-0.39, 0.29) is 0 Å². The van der Waals surface area contributed by atoms with Crippen LogP contribution in [0.25, 0.3) is 11.0 Å². The van der Waals surface area contributed by atoms with Gasteiger partial charge in [-0.05, 0) is 37.0 Å². The van der Waals surface area contributed by atoms with E-state index in [9.17, 15) is 0 Å². The number of hydrogen-bond acceptors (Lipinski definition) is 4. The standard InChI is InChI=1S/C16H20N2O2/c1-19-15-8-7-14-16(18-15)12(9-10-17-14)5-3-2-4-6-13-11-20-13/h7-10,13H,2-6,11H2,1H3. The van der Waals surface area contributed by atoms with Gasteiger partial charge < -0.3 is 9.47 Å². The normalized spacial score (nSPS) is 17.4. The minimum atomic E-state index is 0.558. The molecule has 1 aliphatic rings. The van der Waals surface area contributed by atoms with E-state index in [1.54, 1.807) is 7.11 Å². The number of methoxy groups -OCH3 is 1. The van der Waals surface area contributed by atoms with Crippen molar-refractivity contribution in [1.29, 1.82) is 0 Å². The Morgan fingerprint density at radius 3 is 2.95 bits per heavy atom. The second-order valence-corrected chi connectivity index (χ2v) is 5.25. The Kier molecular flexibility index (Phi) is 4.11. The number of hydrogen-bond donors (Lipinski definition) is 0. The summed E-state index contributed by atoms with van der Waals surface area (Å²) >= 11 is 0. The largest absolute Gasteiger partial charge is 0.481 e. The van der Waals surface area contributed by atoms with Gasteiger partial charge in [0, 0.05) is 12.3 Å². The number of pyridine rings is 2. The van der Waals surface area contributed by atoms with Gasteiger partial charge in [0.05, 0.1) is 30.9 Å². The third-order valence-electron chi connectivity index (χ3n) is 3.73. The number of fused-ring (bicyclic) bond motifs is 1. The molecule has 0 amide bonds. The molecule has 0 bridgehead atoms. The first-order valence-corrected chi connectivity index (χ1v) is 7.27. The maximum atomic E-state index is 5.22. The van der Waals surface area contributed by atoms with Crippen molar-refractivity contribution in [3.05, 3.63) is 30.0 Å². The van der Waals surface area contributed by atoms with Crippen LogP contribution in [0.1, 0.15) is 31.2 Å². The van der Waals surface area contributed by atoms with E-state index in [4.69, 9.17) is 9.47 Å². The molecule has 0 N–H and O–H groups in total. The van der Waals surface area contributed by atoms with Crippen LogP contribution in [0.2, 0.25) is 0 Å². The molecular weight excluding hydrogens is 252 g/mol. The summed E-state index contributed by atoms with van der Waals surface area (Å²) in [5.41, 5.74) is 3.17. The van der Waals surface area contributed by atoms with Crippen molar-refractivity contribution in [2.45, 2.75) is 38.2 Å². The van der Waals surface area contributed by atoms with Gasteiger partial charge in [0.25, 0.3) is 0 Å². The molecule has 20 heavy (non-hydrogen) atoms. The zero-order valence-electron chi connectivity index (χ0n) is 11.8. The van der Waals surface area contributed by atoms with Crippen molar-refractivity contribution in [3.63, 3.8) is 0 Å². The van der Waals surface area contributed by atoms with Crippen molar-refractivity contribution in [2.24, 2.45) is 0 Å². The van der Waals surface area contributed by atoms with Crippen molar-refractivity contribution in [3.8, 4) is 5.88 Å². The zero-order chi connectivity index (χ0) is 13.8. The molecule has 1 unspecified atom stereocenters. The fraction of sp³-hybridized carbons (Fsp3) is 0.500. The van der Waals surface area contributed by atoms with E-state index in [1.807, 2.05) is 18.3 Å². The van der Waals surface area contributed by atoms with Crippen LogP contribution < -0.4 is 4.74 Å². The number of aromatic nitrogens is 2. The van der Waals surface area contributed by atoms with Gasteiger partial charge in [0.2, 0.25) is 5.88 Å². The Hall–Kier alpha value is -1.68. The molecule has 106 valence electrons. The number of ether oxygens (including phenoxy) is 2. The molecule has 0 radical (unpaired) electrons. The number of unbranched alkanes of at least 4 members (excludes halogenated alkanes) is 2. The smallest absolute Gasteiger partial charge is 0.213 e. The quantitative estimate of drug-likeness (QED) is 0.574. The summed E-state index contributed by atoms with van der Waals surface area (Å²) in [4.78, 5) is 8.88. The van der Waals surface area contributed by atoms with Gasteiger partial charge in [-0.15, -0.1) is 0 Å². The van der Waals surface area contributed by atoms with Crippen molar-refractivity contribution < 1.29 is 9.47 Å². The lowest BCUT2D eigenvalue weighted by Gasteiger charge is -2.06. The second kappa shape index (κ2) is 6.18. The lowest BCUT2D eigenvalue weighted by atomic mass is 10.0. The average Bonchev–Trinajstić information content (AvgIpc) is 3.31. The van der Waals surface area contributed by atoms with E-state index in [0.717, 1.165) is 24.1 Å². The summed E-state index contributed by atoms with van der Waals surface area (Å²) in [6.07, 6.45) is 8.36.